The van der Waals surface area contributed by atoms with Crippen LogP contribution in [0.15, 0.2) is 72.9 Å². The lowest BCUT2D eigenvalue weighted by molar-refractivity contribution is 0.0933. The summed E-state index contributed by atoms with van der Waals surface area (Å²) < 4.78 is 12.4. The Bertz CT molecular complexity index is 1070. The van der Waals surface area contributed by atoms with Gasteiger partial charge in [0, 0.05) is 12.5 Å². The van der Waals surface area contributed by atoms with Crippen LogP contribution in [0.25, 0.3) is 0 Å². The fraction of sp³-hybridized carbons (Fsp3) is 0.259. The molecule has 31 heavy (non-hydrogen) atoms. The lowest BCUT2D eigenvalue weighted by atomic mass is 9.94. The summed E-state index contributed by atoms with van der Waals surface area (Å²) >= 11 is 0. The number of fused-ring (bicyclic) bond motifs is 1. The number of carbonyl (C=O) groups is 1. The molecule has 0 amide bonds. The second-order valence-electron chi connectivity index (χ2n) is 7.70. The number of rotatable bonds is 7. The van der Waals surface area contributed by atoms with E-state index < -0.39 is 6.10 Å². The molecule has 0 bridgehead atoms. The van der Waals surface area contributed by atoms with Crippen LogP contribution < -0.4 is 9.47 Å². The van der Waals surface area contributed by atoms with Gasteiger partial charge in [-0.1, -0.05) is 56.9 Å². The number of ether oxygens (including phenoxy) is 2. The first kappa shape index (κ1) is 22.1. The average Bonchev–Trinajstić information content (AvgIpc) is 2.77. The Labute approximate surface area is 184 Å². The molecule has 0 radical (unpaired) electrons. The van der Waals surface area contributed by atoms with Gasteiger partial charge in [-0.25, -0.2) is 0 Å². The van der Waals surface area contributed by atoms with Crippen LogP contribution in [-0.4, -0.2) is 12.4 Å². The predicted molar refractivity (Wildman–Crippen MR) is 123 cm³/mol. The molecule has 1 unspecified atom stereocenters. The molecule has 0 saturated heterocycles. The molecule has 0 N–H and O–H groups in total. The Morgan fingerprint density at radius 2 is 2.00 bits per heavy atom. The van der Waals surface area contributed by atoms with Gasteiger partial charge >= 0.3 is 0 Å². The molecule has 158 valence electrons. The van der Waals surface area contributed by atoms with E-state index >= 15 is 0 Å². The maximum atomic E-state index is 12.4. The van der Waals surface area contributed by atoms with E-state index in [2.05, 4.69) is 26.5 Å². The van der Waals surface area contributed by atoms with Gasteiger partial charge in [0.1, 0.15) is 17.6 Å². The first-order valence-electron chi connectivity index (χ1n) is 10.4. The largest absolute Gasteiger partial charge is 0.492 e. The Kier molecular flexibility index (Phi) is 7.10. The van der Waals surface area contributed by atoms with Crippen molar-refractivity contribution in [2.45, 2.75) is 39.2 Å². The van der Waals surface area contributed by atoms with Crippen molar-refractivity contribution < 1.29 is 14.3 Å². The number of nitrogens with zero attached hydrogens (tertiary/aromatic N) is 1. The number of benzene rings is 2. The Balaban J connectivity index is 2.12. The fourth-order valence-electron chi connectivity index (χ4n) is 3.60. The highest BCUT2D eigenvalue weighted by Crippen LogP contribution is 2.39. The Morgan fingerprint density at radius 3 is 2.61 bits per heavy atom. The summed E-state index contributed by atoms with van der Waals surface area (Å²) in [5, 5.41) is 9.15. The molecule has 4 heteroatoms. The summed E-state index contributed by atoms with van der Waals surface area (Å²) in [6.45, 7) is 10.3. The zero-order valence-electron chi connectivity index (χ0n) is 18.2. The molecule has 2 aromatic carbocycles. The minimum absolute atomic E-state index is 0.0968. The third-order valence-electron chi connectivity index (χ3n) is 5.18. The van der Waals surface area contributed by atoms with Gasteiger partial charge in [0.15, 0.2) is 5.78 Å². The van der Waals surface area contributed by atoms with Crippen LogP contribution in [0.4, 0.5) is 0 Å². The Morgan fingerprint density at radius 1 is 1.26 bits per heavy atom. The molecule has 0 fully saturated rings. The van der Waals surface area contributed by atoms with Gasteiger partial charge in [0.25, 0.3) is 0 Å². The van der Waals surface area contributed by atoms with Gasteiger partial charge in [-0.05, 0) is 47.7 Å². The molecule has 1 aliphatic rings. The summed E-state index contributed by atoms with van der Waals surface area (Å²) in [5.74, 6) is 1.50. The fourth-order valence-corrected chi connectivity index (χ4v) is 3.60. The normalized spacial score (nSPS) is 14.7. The zero-order chi connectivity index (χ0) is 22.4. The second kappa shape index (κ2) is 9.95. The van der Waals surface area contributed by atoms with Crippen molar-refractivity contribution in [2.75, 3.05) is 6.61 Å². The summed E-state index contributed by atoms with van der Waals surface area (Å²) in [5.41, 5.74) is 4.00. The van der Waals surface area contributed by atoms with Gasteiger partial charge in [-0.3, -0.25) is 4.79 Å². The van der Waals surface area contributed by atoms with Crippen LogP contribution >= 0.6 is 0 Å². The molecule has 4 nitrogen and oxygen atoms in total. The van der Waals surface area contributed by atoms with E-state index in [1.54, 1.807) is 18.2 Å². The maximum Gasteiger partial charge on any atom is 0.170 e. The van der Waals surface area contributed by atoms with Crippen LogP contribution in [0.1, 0.15) is 66.3 Å². The van der Waals surface area contributed by atoms with Crippen molar-refractivity contribution >= 4 is 5.78 Å². The molecule has 0 aliphatic carbocycles. The molecule has 2 aromatic rings. The number of hydrogen-bond acceptors (Lipinski definition) is 4. The molecular weight excluding hydrogens is 386 g/mol. The second-order valence-corrected chi connectivity index (χ2v) is 7.70. The van der Waals surface area contributed by atoms with E-state index in [1.165, 1.54) is 0 Å². The van der Waals surface area contributed by atoms with Crippen molar-refractivity contribution in [1.29, 1.82) is 5.26 Å². The zero-order valence-corrected chi connectivity index (χ0v) is 18.2. The van der Waals surface area contributed by atoms with Crippen molar-refractivity contribution in [3.05, 3.63) is 95.1 Å². The minimum Gasteiger partial charge on any atom is -0.492 e. The van der Waals surface area contributed by atoms with E-state index in [1.807, 2.05) is 49.4 Å². The van der Waals surface area contributed by atoms with E-state index in [0.29, 0.717) is 35.7 Å². The SMILES string of the molecule is C=C/C=C(\C=C/C)C(Oc1cc2c(cc1C(C)C)C(=O)CCO2)c1ccc(C#N)cc1. The van der Waals surface area contributed by atoms with Gasteiger partial charge < -0.3 is 9.47 Å². The van der Waals surface area contributed by atoms with Gasteiger partial charge in [-0.2, -0.15) is 5.26 Å². The van der Waals surface area contributed by atoms with Crippen LogP contribution in [-0.2, 0) is 0 Å². The number of allylic oxidation sites excluding steroid dienone is 3. The monoisotopic (exact) mass is 413 g/mol. The Hall–Kier alpha value is -3.58. The highest BCUT2D eigenvalue weighted by Gasteiger charge is 2.25. The van der Waals surface area contributed by atoms with Crippen molar-refractivity contribution in [1.82, 2.24) is 0 Å². The molecule has 0 saturated carbocycles. The third kappa shape index (κ3) is 4.95. The number of nitriles is 1. The number of carbonyl (C=O) groups excluding carboxylic acids is 1. The first-order chi connectivity index (χ1) is 15.0. The molecule has 0 spiro atoms. The summed E-state index contributed by atoms with van der Waals surface area (Å²) in [7, 11) is 0. The highest BCUT2D eigenvalue weighted by atomic mass is 16.5. The average molecular weight is 414 g/mol. The van der Waals surface area contributed by atoms with Crippen molar-refractivity contribution in [3.63, 3.8) is 0 Å². The van der Waals surface area contributed by atoms with Gasteiger partial charge in [0.05, 0.1) is 23.8 Å². The van der Waals surface area contributed by atoms with Crippen LogP contribution in [0.2, 0.25) is 0 Å². The number of ketones is 1. The third-order valence-corrected chi connectivity index (χ3v) is 5.18. The van der Waals surface area contributed by atoms with E-state index in [4.69, 9.17) is 14.7 Å². The standard InChI is InChI=1S/C27H27NO3/c1-5-7-20(8-6-2)27(21-11-9-19(17-28)10-12-21)31-26-16-25-23(15-22(26)18(3)4)24(29)13-14-30-25/h5-12,15-16,18,27H,1,13-14H2,2-4H3/b8-6-,20-7+. The summed E-state index contributed by atoms with van der Waals surface area (Å²) in [4.78, 5) is 12.4. The van der Waals surface area contributed by atoms with Gasteiger partial charge in [-0.15, -0.1) is 0 Å². The highest BCUT2D eigenvalue weighted by molar-refractivity contribution is 6.00. The van der Waals surface area contributed by atoms with Crippen LogP contribution in [0.5, 0.6) is 11.5 Å². The number of Topliss-reactive ketones (excluding diaryl/α,β-unsaturated/α-hetero) is 1. The van der Waals surface area contributed by atoms with Crippen LogP contribution in [0.3, 0.4) is 0 Å². The molecule has 1 atom stereocenters. The number of hydrogen-bond donors (Lipinski definition) is 0. The lowest BCUT2D eigenvalue weighted by Crippen LogP contribution is -2.17. The molecular formula is C27H27NO3. The van der Waals surface area contributed by atoms with Gasteiger partial charge in [0.2, 0.25) is 0 Å². The van der Waals surface area contributed by atoms with Crippen molar-refractivity contribution in [3.8, 4) is 17.6 Å². The maximum absolute atomic E-state index is 12.4. The summed E-state index contributed by atoms with van der Waals surface area (Å²) in [6.07, 6.45) is 7.55. The molecule has 0 aromatic heterocycles. The topological polar surface area (TPSA) is 59.3 Å². The molecule has 1 aliphatic heterocycles. The molecule has 1 heterocycles. The van der Waals surface area contributed by atoms with E-state index in [9.17, 15) is 4.79 Å². The molecule has 3 rings (SSSR count). The van der Waals surface area contributed by atoms with E-state index in [0.717, 1.165) is 16.7 Å². The first-order valence-corrected chi connectivity index (χ1v) is 10.4. The minimum atomic E-state index is -0.420. The quantitative estimate of drug-likeness (QED) is 0.489. The van der Waals surface area contributed by atoms with Crippen LogP contribution in [0, 0.1) is 11.3 Å². The summed E-state index contributed by atoms with van der Waals surface area (Å²) in [6, 6.07) is 13.3. The smallest absolute Gasteiger partial charge is 0.170 e. The predicted octanol–water partition coefficient (Wildman–Crippen LogP) is 6.46. The van der Waals surface area contributed by atoms with E-state index in [-0.39, 0.29) is 11.7 Å². The lowest BCUT2D eigenvalue weighted by Gasteiger charge is -2.26. The van der Waals surface area contributed by atoms with Crippen molar-refractivity contribution in [2.24, 2.45) is 0 Å².